The van der Waals surface area contributed by atoms with E-state index >= 15 is 0 Å². The number of halogens is 1. The Kier molecular flexibility index (Phi) is 4.58. The van der Waals surface area contributed by atoms with Gasteiger partial charge in [-0.3, -0.25) is 0 Å². The van der Waals surface area contributed by atoms with E-state index in [-0.39, 0.29) is 11.2 Å². The van der Waals surface area contributed by atoms with Crippen LogP contribution in [0.25, 0.3) is 0 Å². The summed E-state index contributed by atoms with van der Waals surface area (Å²) in [5.74, 6) is -0.158. The first-order chi connectivity index (χ1) is 8.97. The molecule has 0 heterocycles. The lowest BCUT2D eigenvalue weighted by atomic mass is 9.83. The van der Waals surface area contributed by atoms with Crippen LogP contribution in [0.5, 0.6) is 0 Å². The van der Waals surface area contributed by atoms with Crippen LogP contribution in [-0.2, 0) is 5.41 Å². The average molecular weight is 264 g/mol. The highest BCUT2D eigenvalue weighted by Crippen LogP contribution is 2.24. The van der Waals surface area contributed by atoms with Crippen molar-refractivity contribution in [3.8, 4) is 0 Å². The molecular weight excluding hydrogens is 239 g/mol. The van der Waals surface area contributed by atoms with Gasteiger partial charge in [0.05, 0.1) is 0 Å². The Bertz CT molecular complexity index is 409. The molecule has 3 N–H and O–H groups in total. The zero-order valence-corrected chi connectivity index (χ0v) is 12.0. The van der Waals surface area contributed by atoms with Crippen molar-refractivity contribution in [2.45, 2.75) is 57.0 Å². The third kappa shape index (κ3) is 4.02. The van der Waals surface area contributed by atoms with E-state index in [2.05, 4.69) is 19.2 Å². The van der Waals surface area contributed by atoms with Crippen LogP contribution in [0, 0.1) is 5.82 Å². The molecule has 0 atom stereocenters. The van der Waals surface area contributed by atoms with Crippen LogP contribution in [0.3, 0.4) is 0 Å². The van der Waals surface area contributed by atoms with E-state index in [4.69, 9.17) is 5.73 Å². The Labute approximate surface area is 115 Å². The fraction of sp³-hybridized carbons (Fsp3) is 0.625. The summed E-state index contributed by atoms with van der Waals surface area (Å²) in [6, 6.07) is 7.86. The molecule has 0 amide bonds. The first-order valence-corrected chi connectivity index (χ1v) is 7.22. The quantitative estimate of drug-likeness (QED) is 0.877. The van der Waals surface area contributed by atoms with Gasteiger partial charge in [0.1, 0.15) is 5.82 Å². The molecule has 106 valence electrons. The maximum absolute atomic E-state index is 13.3. The van der Waals surface area contributed by atoms with Crippen LogP contribution in [0.15, 0.2) is 24.3 Å². The van der Waals surface area contributed by atoms with Crippen molar-refractivity contribution < 1.29 is 4.39 Å². The van der Waals surface area contributed by atoms with Gasteiger partial charge in [0.2, 0.25) is 0 Å². The number of nitrogens with two attached hydrogens (primary N) is 1. The minimum absolute atomic E-state index is 0.0539. The first kappa shape index (κ1) is 14.5. The molecule has 2 rings (SSSR count). The Balaban J connectivity index is 1.90. The molecule has 0 saturated heterocycles. The average Bonchev–Trinajstić information content (AvgIpc) is 2.38. The second-order valence-electron chi connectivity index (χ2n) is 6.39. The molecule has 1 aliphatic rings. The van der Waals surface area contributed by atoms with Crippen LogP contribution in [0.2, 0.25) is 0 Å². The fourth-order valence-corrected chi connectivity index (χ4v) is 2.73. The van der Waals surface area contributed by atoms with Gasteiger partial charge in [-0.2, -0.15) is 0 Å². The highest BCUT2D eigenvalue weighted by molar-refractivity contribution is 5.24. The smallest absolute Gasteiger partial charge is 0.123 e. The predicted octanol–water partition coefficient (Wildman–Crippen LogP) is 2.96. The third-order valence-electron chi connectivity index (χ3n) is 4.21. The summed E-state index contributed by atoms with van der Waals surface area (Å²) in [6.45, 7) is 5.18. The highest BCUT2D eigenvalue weighted by atomic mass is 19.1. The molecule has 0 spiro atoms. The molecule has 0 aromatic heterocycles. The molecule has 1 aromatic carbocycles. The summed E-state index contributed by atoms with van der Waals surface area (Å²) < 4.78 is 13.3. The number of hydrogen-bond donors (Lipinski definition) is 2. The maximum Gasteiger partial charge on any atom is 0.123 e. The maximum atomic E-state index is 13.3. The summed E-state index contributed by atoms with van der Waals surface area (Å²) in [6.07, 6.45) is 4.52. The molecular formula is C16H25FN2. The van der Waals surface area contributed by atoms with E-state index in [0.29, 0.717) is 12.1 Å². The topological polar surface area (TPSA) is 38.0 Å². The van der Waals surface area contributed by atoms with E-state index in [1.807, 2.05) is 6.07 Å². The van der Waals surface area contributed by atoms with Crippen molar-refractivity contribution in [3.63, 3.8) is 0 Å². The lowest BCUT2D eigenvalue weighted by Gasteiger charge is -2.32. The van der Waals surface area contributed by atoms with E-state index in [1.54, 1.807) is 12.1 Å². The van der Waals surface area contributed by atoms with Crippen molar-refractivity contribution in [2.24, 2.45) is 5.73 Å². The zero-order chi connectivity index (χ0) is 13.9. The standard InChI is InChI=1S/C16H25FN2/c1-16(2,12-4-3-5-13(17)10-12)11-19-15-8-6-14(18)7-9-15/h3-5,10,14-15,19H,6-9,11,18H2,1-2H3. The Hall–Kier alpha value is -0.930. The van der Waals surface area contributed by atoms with Crippen molar-refractivity contribution in [1.82, 2.24) is 5.32 Å². The summed E-state index contributed by atoms with van der Waals surface area (Å²) in [4.78, 5) is 0. The first-order valence-electron chi connectivity index (χ1n) is 7.22. The highest BCUT2D eigenvalue weighted by Gasteiger charge is 2.24. The lowest BCUT2D eigenvalue weighted by molar-refractivity contribution is 0.319. The van der Waals surface area contributed by atoms with Gasteiger partial charge in [-0.1, -0.05) is 26.0 Å². The van der Waals surface area contributed by atoms with Gasteiger partial charge >= 0.3 is 0 Å². The number of rotatable bonds is 4. The van der Waals surface area contributed by atoms with Crippen molar-refractivity contribution in [2.75, 3.05) is 6.54 Å². The van der Waals surface area contributed by atoms with Gasteiger partial charge in [-0.15, -0.1) is 0 Å². The van der Waals surface area contributed by atoms with Crippen LogP contribution in [0.4, 0.5) is 4.39 Å². The molecule has 2 nitrogen and oxygen atoms in total. The number of nitrogens with one attached hydrogen (secondary N) is 1. The lowest BCUT2D eigenvalue weighted by Crippen LogP contribution is -2.42. The van der Waals surface area contributed by atoms with Crippen LogP contribution in [-0.4, -0.2) is 18.6 Å². The SMILES string of the molecule is CC(C)(CNC1CCC(N)CC1)c1cccc(F)c1. The summed E-state index contributed by atoms with van der Waals surface area (Å²) >= 11 is 0. The summed E-state index contributed by atoms with van der Waals surface area (Å²) in [5.41, 5.74) is 6.91. The molecule has 0 unspecified atom stereocenters. The normalized spacial score (nSPS) is 24.4. The Morgan fingerprint density at radius 2 is 1.95 bits per heavy atom. The van der Waals surface area contributed by atoms with Gasteiger partial charge < -0.3 is 11.1 Å². The number of hydrogen-bond acceptors (Lipinski definition) is 2. The van der Waals surface area contributed by atoms with Gasteiger partial charge in [0.25, 0.3) is 0 Å². The van der Waals surface area contributed by atoms with Crippen LogP contribution < -0.4 is 11.1 Å². The van der Waals surface area contributed by atoms with Gasteiger partial charge in [-0.05, 0) is 43.4 Å². The third-order valence-corrected chi connectivity index (χ3v) is 4.21. The molecule has 1 aromatic rings. The summed E-state index contributed by atoms with van der Waals surface area (Å²) in [7, 11) is 0. The van der Waals surface area contributed by atoms with E-state index < -0.39 is 0 Å². The predicted molar refractivity (Wildman–Crippen MR) is 77.7 cm³/mol. The molecule has 1 fully saturated rings. The second-order valence-corrected chi connectivity index (χ2v) is 6.39. The monoisotopic (exact) mass is 264 g/mol. The summed E-state index contributed by atoms with van der Waals surface area (Å²) in [5, 5.41) is 3.62. The largest absolute Gasteiger partial charge is 0.328 e. The molecule has 0 aliphatic heterocycles. The molecule has 3 heteroatoms. The van der Waals surface area contributed by atoms with Gasteiger partial charge in [-0.25, -0.2) is 4.39 Å². The second kappa shape index (κ2) is 6.02. The van der Waals surface area contributed by atoms with E-state index in [9.17, 15) is 4.39 Å². The van der Waals surface area contributed by atoms with Gasteiger partial charge in [0.15, 0.2) is 0 Å². The molecule has 0 bridgehead atoms. The van der Waals surface area contributed by atoms with E-state index in [1.165, 1.54) is 6.07 Å². The van der Waals surface area contributed by atoms with Crippen molar-refractivity contribution in [1.29, 1.82) is 0 Å². The van der Waals surface area contributed by atoms with Crippen LogP contribution >= 0.6 is 0 Å². The minimum atomic E-state index is -0.158. The Morgan fingerprint density at radius 3 is 2.58 bits per heavy atom. The number of benzene rings is 1. The molecule has 0 radical (unpaired) electrons. The van der Waals surface area contributed by atoms with Crippen molar-refractivity contribution in [3.05, 3.63) is 35.6 Å². The fourth-order valence-electron chi connectivity index (χ4n) is 2.73. The van der Waals surface area contributed by atoms with Crippen LogP contribution in [0.1, 0.15) is 45.1 Å². The minimum Gasteiger partial charge on any atom is -0.328 e. The molecule has 1 aliphatic carbocycles. The molecule has 1 saturated carbocycles. The van der Waals surface area contributed by atoms with Gasteiger partial charge in [0, 0.05) is 24.0 Å². The molecule has 19 heavy (non-hydrogen) atoms. The van der Waals surface area contributed by atoms with Crippen molar-refractivity contribution >= 4 is 0 Å². The Morgan fingerprint density at radius 1 is 1.26 bits per heavy atom. The van der Waals surface area contributed by atoms with E-state index in [0.717, 1.165) is 37.8 Å². The zero-order valence-electron chi connectivity index (χ0n) is 12.0.